The van der Waals surface area contributed by atoms with Crippen molar-refractivity contribution < 1.29 is 14.3 Å². The Morgan fingerprint density at radius 2 is 2.04 bits per heavy atom. The normalized spacial score (nSPS) is 13.0. The number of fused-ring (bicyclic) bond motifs is 1. The molecule has 0 aliphatic carbocycles. The van der Waals surface area contributed by atoms with Crippen LogP contribution < -0.4 is 20.9 Å². The van der Waals surface area contributed by atoms with Gasteiger partial charge >= 0.3 is 12.1 Å². The Hall–Kier alpha value is -2.44. The van der Waals surface area contributed by atoms with Crippen LogP contribution in [-0.4, -0.2) is 45.4 Å². The Kier molecular flexibility index (Phi) is 6.08. The van der Waals surface area contributed by atoms with Gasteiger partial charge in [-0.15, -0.1) is 0 Å². The molecular formula is C16H24N4O3. The lowest BCUT2D eigenvalue weighted by atomic mass is 10.0. The molecule has 0 saturated carbocycles. The fourth-order valence-corrected chi connectivity index (χ4v) is 2.56. The lowest BCUT2D eigenvalue weighted by Crippen LogP contribution is -2.37. The highest BCUT2D eigenvalue weighted by atomic mass is 16.5. The maximum absolute atomic E-state index is 11.8. The summed E-state index contributed by atoms with van der Waals surface area (Å²) in [6, 6.07) is 5.66. The molecule has 0 radical (unpaired) electrons. The first-order chi connectivity index (χ1) is 11.1. The number of alkyl carbamates (subject to hydrolysis) is 1. The van der Waals surface area contributed by atoms with Gasteiger partial charge in [0, 0.05) is 38.1 Å². The van der Waals surface area contributed by atoms with Crippen LogP contribution in [0.5, 0.6) is 0 Å². The van der Waals surface area contributed by atoms with E-state index in [1.807, 2.05) is 18.2 Å². The highest BCUT2D eigenvalue weighted by Crippen LogP contribution is 2.28. The molecule has 7 nitrogen and oxygen atoms in total. The monoisotopic (exact) mass is 320 g/mol. The van der Waals surface area contributed by atoms with E-state index in [9.17, 15) is 9.59 Å². The second-order valence-corrected chi connectivity index (χ2v) is 5.40. The lowest BCUT2D eigenvalue weighted by Gasteiger charge is -2.27. The predicted octanol–water partition coefficient (Wildman–Crippen LogP) is 1.94. The van der Waals surface area contributed by atoms with Gasteiger partial charge in [0.1, 0.15) is 0 Å². The summed E-state index contributed by atoms with van der Waals surface area (Å²) >= 11 is 0. The number of carbonyl (C=O) groups is 2. The largest absolute Gasteiger partial charge is 0.450 e. The third-order valence-electron chi connectivity index (χ3n) is 3.64. The zero-order valence-electron chi connectivity index (χ0n) is 13.6. The molecule has 3 amide bonds. The summed E-state index contributed by atoms with van der Waals surface area (Å²) in [6.07, 6.45) is 1.67. The van der Waals surface area contributed by atoms with Crippen molar-refractivity contribution in [2.45, 2.75) is 19.8 Å². The summed E-state index contributed by atoms with van der Waals surface area (Å²) < 4.78 is 4.72. The Morgan fingerprint density at radius 3 is 2.83 bits per heavy atom. The van der Waals surface area contributed by atoms with Gasteiger partial charge in [0.25, 0.3) is 0 Å². The summed E-state index contributed by atoms with van der Waals surface area (Å²) in [7, 11) is 2.08. The highest BCUT2D eigenvalue weighted by molar-refractivity contribution is 5.89. The van der Waals surface area contributed by atoms with Gasteiger partial charge in [-0.2, -0.15) is 0 Å². The number of hydrogen-bond donors (Lipinski definition) is 3. The van der Waals surface area contributed by atoms with Crippen LogP contribution in [0, 0.1) is 0 Å². The maximum atomic E-state index is 11.8. The van der Waals surface area contributed by atoms with E-state index in [-0.39, 0.29) is 6.03 Å². The standard InChI is InChI=1S/C16H24N4O3/c1-3-23-16(22)18-9-8-17-15(21)19-13-6-7-14-12(11-13)5-4-10-20(14)2/h6-7,11H,3-5,8-10H2,1-2H3,(H,18,22)(H2,17,19,21). The van der Waals surface area contributed by atoms with Gasteiger partial charge in [-0.25, -0.2) is 9.59 Å². The van der Waals surface area contributed by atoms with Crippen molar-refractivity contribution in [3.8, 4) is 0 Å². The molecule has 1 heterocycles. The Labute approximate surface area is 136 Å². The number of amides is 3. The number of anilines is 2. The van der Waals surface area contributed by atoms with E-state index >= 15 is 0 Å². The summed E-state index contributed by atoms with van der Waals surface area (Å²) in [5.74, 6) is 0. The number of nitrogens with one attached hydrogen (secondary N) is 3. The van der Waals surface area contributed by atoms with E-state index in [4.69, 9.17) is 4.74 Å². The zero-order chi connectivity index (χ0) is 16.7. The summed E-state index contributed by atoms with van der Waals surface area (Å²) in [5.41, 5.74) is 3.25. The van der Waals surface area contributed by atoms with Crippen LogP contribution in [0.3, 0.4) is 0 Å². The third-order valence-corrected chi connectivity index (χ3v) is 3.64. The number of nitrogens with zero attached hydrogens (tertiary/aromatic N) is 1. The molecule has 1 aliphatic rings. The van der Waals surface area contributed by atoms with Crippen molar-refractivity contribution in [1.82, 2.24) is 10.6 Å². The van der Waals surface area contributed by atoms with Gasteiger partial charge in [0.05, 0.1) is 6.61 Å². The van der Waals surface area contributed by atoms with Crippen molar-refractivity contribution in [2.75, 3.05) is 43.5 Å². The number of carbonyl (C=O) groups excluding carboxylic acids is 2. The molecule has 7 heteroatoms. The molecule has 23 heavy (non-hydrogen) atoms. The van der Waals surface area contributed by atoms with E-state index in [0.717, 1.165) is 25.1 Å². The highest BCUT2D eigenvalue weighted by Gasteiger charge is 2.14. The summed E-state index contributed by atoms with van der Waals surface area (Å²) in [6.45, 7) is 3.78. The molecule has 3 N–H and O–H groups in total. The van der Waals surface area contributed by atoms with Crippen molar-refractivity contribution in [3.63, 3.8) is 0 Å². The van der Waals surface area contributed by atoms with E-state index in [0.29, 0.717) is 19.7 Å². The maximum Gasteiger partial charge on any atom is 0.407 e. The average molecular weight is 320 g/mol. The van der Waals surface area contributed by atoms with E-state index in [1.165, 1.54) is 11.3 Å². The fraction of sp³-hybridized carbons (Fsp3) is 0.500. The van der Waals surface area contributed by atoms with E-state index < -0.39 is 6.09 Å². The van der Waals surface area contributed by atoms with Gasteiger partial charge in [0.2, 0.25) is 0 Å². The van der Waals surface area contributed by atoms with Crippen molar-refractivity contribution in [2.24, 2.45) is 0 Å². The van der Waals surface area contributed by atoms with Crippen molar-refractivity contribution in [1.29, 1.82) is 0 Å². The predicted molar refractivity (Wildman–Crippen MR) is 90.1 cm³/mol. The van der Waals surface area contributed by atoms with Crippen LogP contribution in [0.4, 0.5) is 21.0 Å². The van der Waals surface area contributed by atoms with Crippen molar-refractivity contribution in [3.05, 3.63) is 23.8 Å². The molecule has 1 aliphatic heterocycles. The number of hydrogen-bond acceptors (Lipinski definition) is 4. The van der Waals surface area contributed by atoms with E-state index in [2.05, 4.69) is 27.9 Å². The molecule has 1 aromatic carbocycles. The first-order valence-corrected chi connectivity index (χ1v) is 7.89. The molecule has 0 fully saturated rings. The SMILES string of the molecule is CCOC(=O)NCCNC(=O)Nc1ccc2c(c1)CCCN2C. The number of aryl methyl sites for hydroxylation is 1. The number of rotatable bonds is 5. The van der Waals surface area contributed by atoms with Gasteiger partial charge in [-0.3, -0.25) is 0 Å². The number of urea groups is 1. The minimum atomic E-state index is -0.478. The van der Waals surface area contributed by atoms with Crippen LogP contribution in [-0.2, 0) is 11.2 Å². The molecule has 1 aromatic rings. The molecule has 0 unspecified atom stereocenters. The fourth-order valence-electron chi connectivity index (χ4n) is 2.56. The van der Waals surface area contributed by atoms with Crippen LogP contribution >= 0.6 is 0 Å². The second kappa shape index (κ2) is 8.26. The Morgan fingerprint density at radius 1 is 1.26 bits per heavy atom. The number of benzene rings is 1. The minimum Gasteiger partial charge on any atom is -0.450 e. The van der Waals surface area contributed by atoms with Crippen LogP contribution in [0.2, 0.25) is 0 Å². The van der Waals surface area contributed by atoms with Crippen LogP contribution in [0.15, 0.2) is 18.2 Å². The lowest BCUT2D eigenvalue weighted by molar-refractivity contribution is 0.152. The molecule has 0 aromatic heterocycles. The number of ether oxygens (including phenoxy) is 1. The topological polar surface area (TPSA) is 82.7 Å². The second-order valence-electron chi connectivity index (χ2n) is 5.40. The molecule has 0 saturated heterocycles. The Balaban J connectivity index is 1.76. The third kappa shape index (κ3) is 5.05. The first-order valence-electron chi connectivity index (χ1n) is 7.89. The molecule has 0 spiro atoms. The molecule has 0 bridgehead atoms. The van der Waals surface area contributed by atoms with E-state index in [1.54, 1.807) is 6.92 Å². The summed E-state index contributed by atoms with van der Waals surface area (Å²) in [5, 5.41) is 8.03. The molecule has 0 atom stereocenters. The van der Waals surface area contributed by atoms with Gasteiger partial charge in [-0.1, -0.05) is 0 Å². The average Bonchev–Trinajstić information content (AvgIpc) is 2.52. The Bertz CT molecular complexity index is 562. The molecule has 126 valence electrons. The van der Waals surface area contributed by atoms with Crippen molar-refractivity contribution >= 4 is 23.5 Å². The van der Waals surface area contributed by atoms with Gasteiger partial charge in [0.15, 0.2) is 0 Å². The van der Waals surface area contributed by atoms with Gasteiger partial charge < -0.3 is 25.6 Å². The first kappa shape index (κ1) is 16.9. The quantitative estimate of drug-likeness (QED) is 0.724. The van der Waals surface area contributed by atoms with Crippen LogP contribution in [0.25, 0.3) is 0 Å². The summed E-state index contributed by atoms with van der Waals surface area (Å²) in [4.78, 5) is 25.1. The zero-order valence-corrected chi connectivity index (χ0v) is 13.6. The molecule has 2 rings (SSSR count). The van der Waals surface area contributed by atoms with Crippen LogP contribution in [0.1, 0.15) is 18.9 Å². The minimum absolute atomic E-state index is 0.292. The smallest absolute Gasteiger partial charge is 0.407 e. The van der Waals surface area contributed by atoms with Gasteiger partial charge in [-0.05, 0) is 43.5 Å². The molecular weight excluding hydrogens is 296 g/mol.